The average molecular weight is 230 g/mol. The maximum atomic E-state index is 11.3. The van der Waals surface area contributed by atoms with Crippen LogP contribution in [0.1, 0.15) is 25.7 Å². The summed E-state index contributed by atoms with van der Waals surface area (Å²) in [7, 11) is 0. The maximum absolute atomic E-state index is 11.3. The molecular weight excluding hydrogens is 216 g/mol. The Morgan fingerprint density at radius 2 is 2.13 bits per heavy atom. The van der Waals surface area contributed by atoms with E-state index in [0.29, 0.717) is 24.4 Å². The van der Waals surface area contributed by atoms with Gasteiger partial charge >= 0.3 is 5.97 Å². The molecule has 0 radical (unpaired) electrons. The maximum Gasteiger partial charge on any atom is 0.303 e. The Labute approximate surface area is 92.3 Å². The smallest absolute Gasteiger partial charge is 0.303 e. The number of carboxylic acids is 1. The van der Waals surface area contributed by atoms with Crippen molar-refractivity contribution in [1.29, 1.82) is 0 Å². The fourth-order valence-electron chi connectivity index (χ4n) is 1.15. The van der Waals surface area contributed by atoms with Crippen LogP contribution in [0.2, 0.25) is 0 Å². The molecule has 0 unspecified atom stereocenters. The number of thioether (sulfide) groups is 1. The van der Waals surface area contributed by atoms with Crippen LogP contribution in [0.25, 0.3) is 0 Å². The molecule has 15 heavy (non-hydrogen) atoms. The molecule has 2 N–H and O–H groups in total. The molecule has 0 aromatic heterocycles. The van der Waals surface area contributed by atoms with E-state index in [4.69, 9.17) is 5.11 Å². The lowest BCUT2D eigenvalue weighted by Crippen LogP contribution is -2.26. The van der Waals surface area contributed by atoms with Gasteiger partial charge in [0.2, 0.25) is 5.91 Å². The predicted octanol–water partition coefficient (Wildman–Crippen LogP) is 0.850. The summed E-state index contributed by atoms with van der Waals surface area (Å²) < 4.78 is 0. The SMILES string of the molecule is O=C(O)CCCCC(=O)NC1=NCCS1. The topological polar surface area (TPSA) is 78.8 Å². The highest BCUT2D eigenvalue weighted by atomic mass is 32.2. The fraction of sp³-hybridized carbons (Fsp3) is 0.667. The molecule has 1 rings (SSSR count). The highest BCUT2D eigenvalue weighted by Gasteiger charge is 2.10. The molecule has 84 valence electrons. The van der Waals surface area contributed by atoms with Crippen LogP contribution in [0.15, 0.2) is 4.99 Å². The van der Waals surface area contributed by atoms with Gasteiger partial charge in [0.1, 0.15) is 0 Å². The number of carboxylic acid groups (broad SMARTS) is 1. The third-order valence-electron chi connectivity index (χ3n) is 1.88. The molecule has 6 heteroatoms. The summed E-state index contributed by atoms with van der Waals surface area (Å²) >= 11 is 1.54. The number of hydrogen-bond acceptors (Lipinski definition) is 4. The average Bonchev–Trinajstić information content (AvgIpc) is 2.64. The van der Waals surface area contributed by atoms with Crippen molar-refractivity contribution in [1.82, 2.24) is 5.32 Å². The molecule has 5 nitrogen and oxygen atoms in total. The van der Waals surface area contributed by atoms with Crippen LogP contribution in [-0.4, -0.2) is 34.4 Å². The van der Waals surface area contributed by atoms with E-state index in [1.165, 1.54) is 11.8 Å². The van der Waals surface area contributed by atoms with E-state index < -0.39 is 5.97 Å². The number of carbonyl (C=O) groups is 2. The van der Waals surface area contributed by atoms with Gasteiger partial charge in [0.05, 0.1) is 6.54 Å². The minimum atomic E-state index is -0.814. The number of amides is 1. The van der Waals surface area contributed by atoms with E-state index >= 15 is 0 Å². The van der Waals surface area contributed by atoms with Crippen LogP contribution in [0.3, 0.4) is 0 Å². The van der Waals surface area contributed by atoms with Crippen molar-refractivity contribution in [3.8, 4) is 0 Å². The van der Waals surface area contributed by atoms with Crippen LogP contribution in [0.4, 0.5) is 0 Å². The van der Waals surface area contributed by atoms with Crippen molar-refractivity contribution >= 4 is 28.8 Å². The second-order valence-electron chi connectivity index (χ2n) is 3.18. The molecule has 0 aliphatic carbocycles. The highest BCUT2D eigenvalue weighted by Crippen LogP contribution is 2.09. The summed E-state index contributed by atoms with van der Waals surface area (Å²) in [6.45, 7) is 0.763. The quantitative estimate of drug-likeness (QED) is 0.686. The summed E-state index contributed by atoms with van der Waals surface area (Å²) in [6.07, 6.45) is 1.65. The normalized spacial score (nSPS) is 14.8. The summed E-state index contributed by atoms with van der Waals surface area (Å²) in [5.74, 6) is 0.0360. The molecule has 0 atom stereocenters. The van der Waals surface area contributed by atoms with Crippen molar-refractivity contribution in [3.63, 3.8) is 0 Å². The summed E-state index contributed by atoms with van der Waals surface area (Å²) in [5.41, 5.74) is 0. The highest BCUT2D eigenvalue weighted by molar-refractivity contribution is 8.14. The van der Waals surface area contributed by atoms with Crippen LogP contribution in [-0.2, 0) is 9.59 Å². The molecule has 0 saturated carbocycles. The van der Waals surface area contributed by atoms with E-state index in [1.807, 2.05) is 0 Å². The van der Waals surface area contributed by atoms with Crippen molar-refractivity contribution in [3.05, 3.63) is 0 Å². The van der Waals surface area contributed by atoms with Crippen molar-refractivity contribution in [2.45, 2.75) is 25.7 Å². The number of aliphatic imine (C=N–C) groups is 1. The Kier molecular flexibility index (Phi) is 5.17. The second-order valence-corrected chi connectivity index (χ2v) is 4.27. The third-order valence-corrected chi connectivity index (χ3v) is 2.77. The lowest BCUT2D eigenvalue weighted by atomic mass is 10.2. The van der Waals surface area contributed by atoms with Crippen molar-refractivity contribution < 1.29 is 14.7 Å². The van der Waals surface area contributed by atoms with Gasteiger partial charge in [-0.3, -0.25) is 14.6 Å². The molecule has 1 aliphatic heterocycles. The Morgan fingerprint density at radius 1 is 1.40 bits per heavy atom. The van der Waals surface area contributed by atoms with Crippen LogP contribution in [0, 0.1) is 0 Å². The molecule has 0 aromatic carbocycles. The Hall–Kier alpha value is -1.04. The molecule has 0 spiro atoms. The molecule has 0 fully saturated rings. The first-order valence-corrected chi connectivity index (χ1v) is 5.86. The van der Waals surface area contributed by atoms with Gasteiger partial charge in [0, 0.05) is 18.6 Å². The van der Waals surface area contributed by atoms with Gasteiger partial charge in [0.25, 0.3) is 0 Å². The fourth-order valence-corrected chi connectivity index (χ4v) is 1.90. The molecule has 1 aliphatic rings. The lowest BCUT2D eigenvalue weighted by molar-refractivity contribution is -0.137. The molecule has 1 heterocycles. The zero-order valence-electron chi connectivity index (χ0n) is 8.36. The zero-order valence-corrected chi connectivity index (χ0v) is 9.18. The van der Waals surface area contributed by atoms with Crippen molar-refractivity contribution in [2.75, 3.05) is 12.3 Å². The summed E-state index contributed by atoms with van der Waals surface area (Å²) in [4.78, 5) is 25.6. The number of carbonyl (C=O) groups excluding carboxylic acids is 1. The van der Waals surface area contributed by atoms with Gasteiger partial charge in [-0.05, 0) is 12.8 Å². The van der Waals surface area contributed by atoms with Gasteiger partial charge < -0.3 is 10.4 Å². The Balaban J connectivity index is 2.05. The number of hydrogen-bond donors (Lipinski definition) is 2. The Bertz CT molecular complexity index is 279. The van der Waals surface area contributed by atoms with Crippen LogP contribution in [0.5, 0.6) is 0 Å². The monoisotopic (exact) mass is 230 g/mol. The first-order chi connectivity index (χ1) is 7.18. The second kappa shape index (κ2) is 6.44. The number of aliphatic carboxylic acids is 1. The Morgan fingerprint density at radius 3 is 2.73 bits per heavy atom. The number of nitrogens with one attached hydrogen (secondary N) is 1. The van der Waals surface area contributed by atoms with Gasteiger partial charge in [-0.25, -0.2) is 0 Å². The molecule has 1 amide bonds. The number of rotatable bonds is 5. The van der Waals surface area contributed by atoms with E-state index in [2.05, 4.69) is 10.3 Å². The molecular formula is C9H14N2O3S. The molecule has 0 saturated heterocycles. The summed E-state index contributed by atoms with van der Waals surface area (Å²) in [5, 5.41) is 11.8. The predicted molar refractivity (Wildman–Crippen MR) is 59.0 cm³/mol. The van der Waals surface area contributed by atoms with Gasteiger partial charge in [-0.15, -0.1) is 0 Å². The number of unbranched alkanes of at least 4 members (excludes halogenated alkanes) is 1. The summed E-state index contributed by atoms with van der Waals surface area (Å²) in [6, 6.07) is 0. The van der Waals surface area contributed by atoms with E-state index in [9.17, 15) is 9.59 Å². The van der Waals surface area contributed by atoms with Gasteiger partial charge in [-0.1, -0.05) is 11.8 Å². The lowest BCUT2D eigenvalue weighted by Gasteiger charge is -2.02. The molecule has 0 aromatic rings. The van der Waals surface area contributed by atoms with Crippen LogP contribution >= 0.6 is 11.8 Å². The van der Waals surface area contributed by atoms with E-state index in [0.717, 1.165) is 12.3 Å². The van der Waals surface area contributed by atoms with Gasteiger partial charge in [0.15, 0.2) is 5.17 Å². The van der Waals surface area contributed by atoms with E-state index in [1.54, 1.807) is 0 Å². The first-order valence-electron chi connectivity index (χ1n) is 4.87. The first kappa shape index (κ1) is 12.0. The number of amidine groups is 1. The zero-order chi connectivity index (χ0) is 11.1. The number of nitrogens with zero attached hydrogens (tertiary/aromatic N) is 1. The minimum Gasteiger partial charge on any atom is -0.481 e. The third kappa shape index (κ3) is 5.41. The van der Waals surface area contributed by atoms with Gasteiger partial charge in [-0.2, -0.15) is 0 Å². The van der Waals surface area contributed by atoms with Crippen LogP contribution < -0.4 is 5.32 Å². The minimum absolute atomic E-state index is 0.0754. The molecule has 0 bridgehead atoms. The largest absolute Gasteiger partial charge is 0.481 e. The van der Waals surface area contributed by atoms with E-state index in [-0.39, 0.29) is 12.3 Å². The van der Waals surface area contributed by atoms with Crippen molar-refractivity contribution in [2.24, 2.45) is 4.99 Å². The standard InChI is InChI=1S/C9H14N2O3S/c12-7(3-1-2-4-8(13)14)11-9-10-5-6-15-9/h1-6H2,(H,13,14)(H,10,11,12).